The Labute approximate surface area is 136 Å². The second kappa shape index (κ2) is 4.64. The van der Waals surface area contributed by atoms with E-state index >= 15 is 0 Å². The van der Waals surface area contributed by atoms with Gasteiger partial charge in [-0.3, -0.25) is 9.59 Å². The minimum atomic E-state index is -3.12. The third-order valence-electron chi connectivity index (χ3n) is 8.23. The average molecular weight is 324 g/mol. The quantitative estimate of drug-likeness (QED) is 0.661. The number of alkyl halides is 2. The standard InChI is InChI=1S/C19H26F2O2/c1-17-8-7-14-12(13(17)5-6-15(17)22)4-3-11-9-19(20,21)16(23)10-18(11,14)2/h11-14H,3-10H2,1-2H3/t11-,12-,13-,14-,17-,18-/m0/s1. The minimum absolute atomic E-state index is 0.0310. The van der Waals surface area contributed by atoms with E-state index in [2.05, 4.69) is 13.8 Å². The van der Waals surface area contributed by atoms with E-state index in [1.54, 1.807) is 0 Å². The zero-order valence-electron chi connectivity index (χ0n) is 14.0. The number of fused-ring (bicyclic) bond motifs is 5. The Hall–Kier alpha value is -0.800. The molecule has 4 rings (SSSR count). The molecule has 2 nitrogen and oxygen atoms in total. The summed E-state index contributed by atoms with van der Waals surface area (Å²) in [5.41, 5.74) is -0.471. The van der Waals surface area contributed by atoms with Crippen molar-refractivity contribution in [3.8, 4) is 0 Å². The predicted octanol–water partition coefficient (Wildman–Crippen LogP) is 4.41. The molecule has 0 aromatic carbocycles. The van der Waals surface area contributed by atoms with E-state index in [0.717, 1.165) is 32.1 Å². The van der Waals surface area contributed by atoms with E-state index in [4.69, 9.17) is 0 Å². The van der Waals surface area contributed by atoms with Crippen LogP contribution in [0.4, 0.5) is 8.78 Å². The Morgan fingerprint density at radius 2 is 1.70 bits per heavy atom. The molecule has 128 valence electrons. The molecule has 0 aliphatic heterocycles. The Kier molecular flexibility index (Phi) is 3.17. The summed E-state index contributed by atoms with van der Waals surface area (Å²) in [6.45, 7) is 4.21. The fourth-order valence-corrected chi connectivity index (χ4v) is 6.82. The highest BCUT2D eigenvalue weighted by Gasteiger charge is 2.63. The van der Waals surface area contributed by atoms with Gasteiger partial charge in [-0.25, -0.2) is 0 Å². The van der Waals surface area contributed by atoms with E-state index in [1.807, 2.05) is 0 Å². The molecule has 0 radical (unpaired) electrons. The fraction of sp³-hybridized carbons (Fsp3) is 0.895. The molecule has 4 heteroatoms. The van der Waals surface area contributed by atoms with Crippen molar-refractivity contribution in [2.75, 3.05) is 0 Å². The first-order valence-electron chi connectivity index (χ1n) is 9.13. The maximum absolute atomic E-state index is 13.9. The summed E-state index contributed by atoms with van der Waals surface area (Å²) in [6, 6.07) is 0. The molecule has 0 aromatic heterocycles. The molecule has 0 bridgehead atoms. The molecule has 0 spiro atoms. The van der Waals surface area contributed by atoms with Crippen LogP contribution in [0, 0.1) is 34.5 Å². The third-order valence-corrected chi connectivity index (χ3v) is 8.23. The molecule has 0 aromatic rings. The molecule has 4 aliphatic rings. The molecule has 0 heterocycles. The van der Waals surface area contributed by atoms with Crippen molar-refractivity contribution in [3.05, 3.63) is 0 Å². The predicted molar refractivity (Wildman–Crippen MR) is 82.1 cm³/mol. The van der Waals surface area contributed by atoms with Gasteiger partial charge in [0.05, 0.1) is 0 Å². The molecule has 4 saturated carbocycles. The second-order valence-electron chi connectivity index (χ2n) is 9.08. The highest BCUT2D eigenvalue weighted by atomic mass is 19.3. The molecular formula is C19H26F2O2. The molecule has 0 amide bonds. The maximum Gasteiger partial charge on any atom is 0.305 e. The van der Waals surface area contributed by atoms with Gasteiger partial charge in [-0.1, -0.05) is 13.8 Å². The number of carbonyl (C=O) groups is 2. The number of ketones is 2. The van der Waals surface area contributed by atoms with E-state index in [-0.39, 0.29) is 29.6 Å². The van der Waals surface area contributed by atoms with E-state index in [1.165, 1.54) is 0 Å². The Morgan fingerprint density at radius 1 is 0.957 bits per heavy atom. The van der Waals surface area contributed by atoms with Gasteiger partial charge in [-0.05, 0) is 61.2 Å². The van der Waals surface area contributed by atoms with Crippen molar-refractivity contribution in [2.45, 2.75) is 71.1 Å². The van der Waals surface area contributed by atoms with Crippen LogP contribution < -0.4 is 0 Å². The van der Waals surface area contributed by atoms with Gasteiger partial charge in [0.2, 0.25) is 5.78 Å². The fourth-order valence-electron chi connectivity index (χ4n) is 6.82. The van der Waals surface area contributed by atoms with Gasteiger partial charge in [0, 0.05) is 24.7 Å². The highest BCUT2D eigenvalue weighted by Crippen LogP contribution is 2.66. The van der Waals surface area contributed by atoms with Gasteiger partial charge >= 0.3 is 5.92 Å². The Morgan fingerprint density at radius 3 is 2.43 bits per heavy atom. The van der Waals surface area contributed by atoms with E-state index in [0.29, 0.717) is 30.0 Å². The maximum atomic E-state index is 13.9. The summed E-state index contributed by atoms with van der Waals surface area (Å²) in [5.74, 6) is -2.43. The Bertz CT molecular complexity index is 572. The van der Waals surface area contributed by atoms with Crippen molar-refractivity contribution >= 4 is 11.6 Å². The van der Waals surface area contributed by atoms with Crippen LogP contribution in [-0.4, -0.2) is 17.5 Å². The van der Waals surface area contributed by atoms with Crippen LogP contribution in [-0.2, 0) is 9.59 Å². The topological polar surface area (TPSA) is 34.1 Å². The van der Waals surface area contributed by atoms with Crippen molar-refractivity contribution in [2.24, 2.45) is 34.5 Å². The molecule has 0 N–H and O–H groups in total. The first-order valence-corrected chi connectivity index (χ1v) is 9.13. The highest BCUT2D eigenvalue weighted by molar-refractivity contribution is 5.88. The van der Waals surface area contributed by atoms with Gasteiger partial charge in [0.25, 0.3) is 0 Å². The molecule has 4 aliphatic carbocycles. The number of rotatable bonds is 0. The van der Waals surface area contributed by atoms with Crippen LogP contribution in [0.15, 0.2) is 0 Å². The number of halogens is 2. The van der Waals surface area contributed by atoms with Crippen molar-refractivity contribution in [1.82, 2.24) is 0 Å². The largest absolute Gasteiger partial charge is 0.305 e. The van der Waals surface area contributed by atoms with Crippen LogP contribution >= 0.6 is 0 Å². The Balaban J connectivity index is 1.66. The van der Waals surface area contributed by atoms with Crippen LogP contribution in [0.2, 0.25) is 0 Å². The third kappa shape index (κ3) is 1.96. The normalized spacial score (nSPS) is 51.8. The lowest BCUT2D eigenvalue weighted by atomic mass is 9.45. The van der Waals surface area contributed by atoms with Crippen LogP contribution in [0.1, 0.15) is 65.2 Å². The van der Waals surface area contributed by atoms with Crippen molar-refractivity contribution in [1.29, 1.82) is 0 Å². The lowest BCUT2D eigenvalue weighted by Crippen LogP contribution is -2.57. The average Bonchev–Trinajstić information content (AvgIpc) is 2.77. The summed E-state index contributed by atoms with van der Waals surface area (Å²) >= 11 is 0. The van der Waals surface area contributed by atoms with Crippen molar-refractivity contribution < 1.29 is 18.4 Å². The van der Waals surface area contributed by atoms with E-state index in [9.17, 15) is 18.4 Å². The van der Waals surface area contributed by atoms with Gasteiger partial charge in [0.15, 0.2) is 0 Å². The molecule has 4 fully saturated rings. The van der Waals surface area contributed by atoms with Crippen molar-refractivity contribution in [3.63, 3.8) is 0 Å². The monoisotopic (exact) mass is 324 g/mol. The first-order chi connectivity index (χ1) is 10.7. The van der Waals surface area contributed by atoms with E-state index < -0.39 is 11.7 Å². The SMILES string of the molecule is C[C@]12CC(=O)C(F)(F)C[C@@H]1CC[C@@H]1[C@@H]2CC[C@]2(C)C(=O)CC[C@@H]12. The summed E-state index contributed by atoms with van der Waals surface area (Å²) in [4.78, 5) is 24.3. The summed E-state index contributed by atoms with van der Waals surface area (Å²) < 4.78 is 27.8. The summed E-state index contributed by atoms with van der Waals surface area (Å²) in [7, 11) is 0. The molecule has 23 heavy (non-hydrogen) atoms. The number of hydrogen-bond donors (Lipinski definition) is 0. The number of carbonyl (C=O) groups excluding carboxylic acids is 2. The smallest absolute Gasteiger partial charge is 0.299 e. The van der Waals surface area contributed by atoms with Gasteiger partial charge < -0.3 is 0 Å². The molecule has 0 saturated heterocycles. The zero-order valence-corrected chi connectivity index (χ0v) is 14.0. The molecular weight excluding hydrogens is 298 g/mol. The van der Waals surface area contributed by atoms with Crippen LogP contribution in [0.25, 0.3) is 0 Å². The van der Waals surface area contributed by atoms with Gasteiger partial charge in [0.1, 0.15) is 5.78 Å². The first kappa shape index (κ1) is 15.7. The van der Waals surface area contributed by atoms with Crippen LogP contribution in [0.3, 0.4) is 0 Å². The molecule has 6 atom stereocenters. The molecule has 0 unspecified atom stereocenters. The zero-order chi connectivity index (χ0) is 16.6. The second-order valence-corrected chi connectivity index (χ2v) is 9.08. The lowest BCUT2D eigenvalue weighted by Gasteiger charge is -2.59. The number of hydrogen-bond acceptors (Lipinski definition) is 2. The minimum Gasteiger partial charge on any atom is -0.299 e. The van der Waals surface area contributed by atoms with Crippen LogP contribution in [0.5, 0.6) is 0 Å². The van der Waals surface area contributed by atoms with Gasteiger partial charge in [-0.15, -0.1) is 0 Å². The lowest BCUT2D eigenvalue weighted by molar-refractivity contribution is -0.178. The summed E-state index contributed by atoms with van der Waals surface area (Å²) in [5, 5.41) is 0. The number of Topliss-reactive ketones (excluding diaryl/α,β-unsaturated/α-hetero) is 2. The van der Waals surface area contributed by atoms with Gasteiger partial charge in [-0.2, -0.15) is 8.78 Å². The summed E-state index contributed by atoms with van der Waals surface area (Å²) in [6.07, 6.45) is 4.97.